The van der Waals surface area contributed by atoms with Crippen LogP contribution >= 0.6 is 17.0 Å². The van der Waals surface area contributed by atoms with E-state index in [2.05, 4.69) is 133 Å². The molecule has 192 valence electrons. The molecule has 0 aliphatic rings. The van der Waals surface area contributed by atoms with Crippen LogP contribution in [0.2, 0.25) is 13.1 Å². The van der Waals surface area contributed by atoms with Crippen molar-refractivity contribution in [3.63, 3.8) is 0 Å². The molecule has 5 aromatic rings. The van der Waals surface area contributed by atoms with Crippen LogP contribution in [-0.4, -0.2) is 9.52 Å². The fourth-order valence-electron chi connectivity index (χ4n) is 4.40. The van der Waals surface area contributed by atoms with Gasteiger partial charge in [0.25, 0.3) is 0 Å². The Morgan fingerprint density at radius 1 is 0.703 bits per heavy atom. The van der Waals surface area contributed by atoms with Crippen LogP contribution in [-0.2, 0) is 20.8 Å². The number of hydrogen-bond donors (Lipinski definition) is 0. The van der Waals surface area contributed by atoms with Crippen LogP contribution in [0.1, 0.15) is 47.6 Å². The minimum atomic E-state index is -0.826. The fourth-order valence-corrected chi connectivity index (χ4v) is 4.40. The number of hydrogen-bond acceptors (Lipinski definition) is 0. The summed E-state index contributed by atoms with van der Waals surface area (Å²) in [7, 11) is 11.0. The summed E-state index contributed by atoms with van der Waals surface area (Å²) < 4.78 is 0. The second kappa shape index (κ2) is 15.8. The van der Waals surface area contributed by atoms with Gasteiger partial charge in [-0.1, -0.05) is 101 Å². The average molecular weight is 625 g/mol. The van der Waals surface area contributed by atoms with Crippen molar-refractivity contribution in [2.75, 3.05) is 0 Å². The Kier molecular flexibility index (Phi) is 13.6. The quantitative estimate of drug-likeness (QED) is 0.135. The third-order valence-corrected chi connectivity index (χ3v) is 6.35. The molecular weight excluding hydrogens is 587 g/mol. The van der Waals surface area contributed by atoms with Crippen molar-refractivity contribution in [3.8, 4) is 11.1 Å². The molecule has 0 spiro atoms. The van der Waals surface area contributed by atoms with E-state index in [4.69, 9.17) is 17.0 Å². The number of benzene rings is 3. The van der Waals surface area contributed by atoms with Gasteiger partial charge in [0.05, 0.1) is 0 Å². The van der Waals surface area contributed by atoms with Crippen LogP contribution in [0.4, 0.5) is 0 Å². The molecule has 0 nitrogen and oxygen atoms in total. The minimum absolute atomic E-state index is 0.626. The summed E-state index contributed by atoms with van der Waals surface area (Å²) in [5.74, 6) is 0.626. The Morgan fingerprint density at radius 2 is 1.22 bits per heavy atom. The van der Waals surface area contributed by atoms with Crippen LogP contribution in [0.15, 0.2) is 78.9 Å². The first-order valence-corrected chi connectivity index (χ1v) is 20.9. The summed E-state index contributed by atoms with van der Waals surface area (Å²) >= 11 is -0.826. The molecule has 4 heteroatoms. The monoisotopic (exact) mass is 622 g/mol. The molecule has 0 N–H and O–H groups in total. The molecule has 0 aliphatic carbocycles. The second-order valence-electron chi connectivity index (χ2n) is 9.70. The number of fused-ring (bicyclic) bond motifs is 2. The van der Waals surface area contributed by atoms with Crippen molar-refractivity contribution in [1.82, 2.24) is 0 Å². The van der Waals surface area contributed by atoms with E-state index in [1.54, 1.807) is 0 Å². The van der Waals surface area contributed by atoms with Gasteiger partial charge in [-0.3, -0.25) is 0 Å². The summed E-state index contributed by atoms with van der Waals surface area (Å²) in [4.78, 5) is 0. The fraction of sp³-hybridized carbons (Fsp3) is 0.273. The van der Waals surface area contributed by atoms with Crippen LogP contribution in [0.25, 0.3) is 32.7 Å². The zero-order chi connectivity index (χ0) is 27.5. The Morgan fingerprint density at radius 3 is 1.76 bits per heavy atom. The number of aryl methyl sites for hydroxylation is 4. The number of rotatable bonds is 2. The summed E-state index contributed by atoms with van der Waals surface area (Å²) in [5.41, 5.74) is 9.55. The van der Waals surface area contributed by atoms with Crippen molar-refractivity contribution < 1.29 is 20.8 Å². The van der Waals surface area contributed by atoms with Gasteiger partial charge in [-0.2, -0.15) is 12.1 Å². The molecule has 0 heterocycles. The van der Waals surface area contributed by atoms with Crippen molar-refractivity contribution in [1.29, 1.82) is 0 Å². The van der Waals surface area contributed by atoms with E-state index >= 15 is 0 Å². The maximum absolute atomic E-state index is 4.93. The van der Waals surface area contributed by atoms with Gasteiger partial charge >= 0.3 is 37.9 Å². The van der Waals surface area contributed by atoms with Crippen molar-refractivity contribution in [2.45, 2.75) is 60.6 Å². The molecule has 2 radical (unpaired) electrons. The first kappa shape index (κ1) is 31.8. The van der Waals surface area contributed by atoms with E-state index < -0.39 is 20.8 Å². The topological polar surface area (TPSA) is 0 Å². The predicted molar refractivity (Wildman–Crippen MR) is 167 cm³/mol. The maximum atomic E-state index is 4.93. The van der Waals surface area contributed by atoms with Crippen LogP contribution in [0.3, 0.4) is 0 Å². The molecule has 0 fully saturated rings. The third kappa shape index (κ3) is 8.79. The SMILES string of the molecule is C[Si]C.Cc1cc2c(-c3ccccc3)ccc(C)c2[cH-]1.Cc1ccc(C)c2[cH-]c(C(C)C)cc12.[Cl][Zr+2][Cl]. The van der Waals surface area contributed by atoms with Gasteiger partial charge < -0.3 is 0 Å². The van der Waals surface area contributed by atoms with Gasteiger partial charge in [-0.25, -0.2) is 0 Å². The van der Waals surface area contributed by atoms with E-state index in [1.807, 2.05) is 0 Å². The van der Waals surface area contributed by atoms with Gasteiger partial charge in [-0.05, 0) is 18.4 Å². The molecule has 5 rings (SSSR count). The van der Waals surface area contributed by atoms with E-state index in [9.17, 15) is 0 Å². The molecule has 0 aromatic heterocycles. The van der Waals surface area contributed by atoms with Gasteiger partial charge in [-0.15, -0.1) is 68.1 Å². The molecule has 0 bridgehead atoms. The van der Waals surface area contributed by atoms with E-state index in [0.717, 1.165) is 9.52 Å². The molecular formula is C33H38Cl2SiZr. The first-order valence-electron chi connectivity index (χ1n) is 12.6. The van der Waals surface area contributed by atoms with Crippen LogP contribution in [0, 0.1) is 27.7 Å². The normalized spacial score (nSPS) is 10.1. The predicted octanol–water partition coefficient (Wildman–Crippen LogP) is 11.3. The molecule has 0 unspecified atom stereocenters. The average Bonchev–Trinajstić information content (AvgIpc) is 3.50. The Balaban J connectivity index is 0.000000218. The molecule has 0 saturated heterocycles. The molecule has 0 aliphatic heterocycles. The Labute approximate surface area is 245 Å². The van der Waals surface area contributed by atoms with E-state index in [1.165, 1.54) is 60.5 Å². The van der Waals surface area contributed by atoms with E-state index in [-0.39, 0.29) is 0 Å². The van der Waals surface area contributed by atoms with Gasteiger partial charge in [0.1, 0.15) is 0 Å². The summed E-state index contributed by atoms with van der Waals surface area (Å²) in [6.45, 7) is 17.5. The molecule has 0 atom stereocenters. The molecule has 37 heavy (non-hydrogen) atoms. The van der Waals surface area contributed by atoms with E-state index in [0.29, 0.717) is 5.92 Å². The Bertz CT molecular complexity index is 1340. The zero-order valence-electron chi connectivity index (χ0n) is 23.3. The summed E-state index contributed by atoms with van der Waals surface area (Å²) in [5, 5.41) is 5.60. The summed E-state index contributed by atoms with van der Waals surface area (Å²) in [6, 6.07) is 28.7. The van der Waals surface area contributed by atoms with Gasteiger partial charge in [0, 0.05) is 9.52 Å². The van der Waals surface area contributed by atoms with Crippen LogP contribution in [0.5, 0.6) is 0 Å². The molecule has 0 amide bonds. The molecule has 5 aromatic carbocycles. The second-order valence-corrected chi connectivity index (χ2v) is 14.4. The third-order valence-electron chi connectivity index (χ3n) is 6.35. The van der Waals surface area contributed by atoms with Crippen molar-refractivity contribution in [2.24, 2.45) is 0 Å². The zero-order valence-corrected chi connectivity index (χ0v) is 28.3. The van der Waals surface area contributed by atoms with Crippen molar-refractivity contribution in [3.05, 3.63) is 107 Å². The first-order chi connectivity index (χ1) is 17.7. The van der Waals surface area contributed by atoms with Gasteiger partial charge in [0.15, 0.2) is 0 Å². The standard InChI is InChI=1S/C17H15.C14H17.C2H6Si.2ClH.Zr/c1-12-10-16-13(2)8-9-15(17(16)11-12)14-6-4-3-5-7-14;1-9(2)12-7-13-10(3)5-6-11(4)14(13)8-12;1-3-2;;;/h3-11H,1-2H3;5-9H,1-4H3;1-2H3;2*1H;/q2*-1;;;;+4/p-2. The molecule has 0 saturated carbocycles. The Hall–Kier alpha value is -1.44. The van der Waals surface area contributed by atoms with Gasteiger partial charge in [0.2, 0.25) is 0 Å². The number of halogens is 2. The van der Waals surface area contributed by atoms with Crippen molar-refractivity contribution >= 4 is 48.1 Å². The van der Waals surface area contributed by atoms with Crippen LogP contribution < -0.4 is 0 Å². The summed E-state index contributed by atoms with van der Waals surface area (Å²) in [6.07, 6.45) is 0.